The van der Waals surface area contributed by atoms with Crippen LogP contribution in [0.25, 0.3) is 0 Å². The number of thiophene rings is 1. The van der Waals surface area contributed by atoms with Gasteiger partial charge in [-0.05, 0) is 42.8 Å². The SMILES string of the molecule is O=C(COC(=O)[C@@H]1CCCN1C(=O)c1ccco1)NC(=O)NCCc1cccs1. The van der Waals surface area contributed by atoms with Crippen LogP contribution in [0.3, 0.4) is 0 Å². The number of imide groups is 1. The second-order valence-electron chi connectivity index (χ2n) is 6.38. The average molecular weight is 419 g/mol. The number of hydrogen-bond acceptors (Lipinski definition) is 7. The predicted octanol–water partition coefficient (Wildman–Crippen LogP) is 1.56. The molecule has 0 aromatic carbocycles. The lowest BCUT2D eigenvalue weighted by molar-refractivity contribution is -0.152. The lowest BCUT2D eigenvalue weighted by Gasteiger charge is -2.22. The van der Waals surface area contributed by atoms with Crippen molar-refractivity contribution in [3.63, 3.8) is 0 Å². The number of amides is 4. The van der Waals surface area contributed by atoms with Crippen molar-refractivity contribution in [2.45, 2.75) is 25.3 Å². The van der Waals surface area contributed by atoms with Gasteiger partial charge in [0.05, 0.1) is 6.26 Å². The molecule has 0 aliphatic carbocycles. The zero-order chi connectivity index (χ0) is 20.6. The maximum Gasteiger partial charge on any atom is 0.329 e. The molecule has 0 radical (unpaired) electrons. The van der Waals surface area contributed by atoms with E-state index in [0.717, 1.165) is 4.88 Å². The van der Waals surface area contributed by atoms with E-state index < -0.39 is 36.5 Å². The van der Waals surface area contributed by atoms with Crippen molar-refractivity contribution in [1.29, 1.82) is 0 Å². The number of furan rings is 1. The molecule has 4 amide bonds. The Balaban J connectivity index is 1.39. The Bertz CT molecular complexity index is 849. The normalized spacial score (nSPS) is 15.7. The molecule has 154 valence electrons. The van der Waals surface area contributed by atoms with E-state index in [0.29, 0.717) is 32.4 Å². The molecule has 10 heteroatoms. The minimum Gasteiger partial charge on any atom is -0.459 e. The number of carbonyl (C=O) groups excluding carboxylic acids is 4. The van der Waals surface area contributed by atoms with Crippen LogP contribution in [-0.2, 0) is 20.7 Å². The number of carbonyl (C=O) groups is 4. The van der Waals surface area contributed by atoms with Gasteiger partial charge in [-0.2, -0.15) is 0 Å². The van der Waals surface area contributed by atoms with E-state index in [2.05, 4.69) is 10.6 Å². The van der Waals surface area contributed by atoms with Crippen molar-refractivity contribution in [3.8, 4) is 0 Å². The zero-order valence-electron chi connectivity index (χ0n) is 15.6. The zero-order valence-corrected chi connectivity index (χ0v) is 16.4. The molecule has 1 saturated heterocycles. The molecule has 3 rings (SSSR count). The van der Waals surface area contributed by atoms with Gasteiger partial charge in [0, 0.05) is 18.0 Å². The van der Waals surface area contributed by atoms with Crippen LogP contribution in [0, 0.1) is 0 Å². The molecular weight excluding hydrogens is 398 g/mol. The first-order valence-electron chi connectivity index (χ1n) is 9.16. The van der Waals surface area contributed by atoms with Crippen LogP contribution in [0.4, 0.5) is 4.79 Å². The van der Waals surface area contributed by atoms with Gasteiger partial charge in [0.2, 0.25) is 0 Å². The van der Waals surface area contributed by atoms with E-state index in [1.165, 1.54) is 17.2 Å². The largest absolute Gasteiger partial charge is 0.459 e. The summed E-state index contributed by atoms with van der Waals surface area (Å²) in [6.07, 6.45) is 3.13. The molecule has 0 bridgehead atoms. The van der Waals surface area contributed by atoms with Gasteiger partial charge in [0.25, 0.3) is 11.8 Å². The van der Waals surface area contributed by atoms with E-state index in [9.17, 15) is 19.2 Å². The van der Waals surface area contributed by atoms with Crippen molar-refractivity contribution in [3.05, 3.63) is 46.5 Å². The summed E-state index contributed by atoms with van der Waals surface area (Å²) in [6.45, 7) is 0.180. The summed E-state index contributed by atoms with van der Waals surface area (Å²) in [4.78, 5) is 50.7. The van der Waals surface area contributed by atoms with Gasteiger partial charge in [-0.15, -0.1) is 11.3 Å². The highest BCUT2D eigenvalue weighted by atomic mass is 32.1. The van der Waals surface area contributed by atoms with Gasteiger partial charge in [-0.1, -0.05) is 6.07 Å². The first kappa shape index (κ1) is 20.6. The molecule has 1 aliphatic heterocycles. The maximum absolute atomic E-state index is 12.4. The summed E-state index contributed by atoms with van der Waals surface area (Å²) in [6, 6.07) is 5.56. The highest BCUT2D eigenvalue weighted by Crippen LogP contribution is 2.21. The van der Waals surface area contributed by atoms with Crippen molar-refractivity contribution < 1.29 is 28.3 Å². The fourth-order valence-corrected chi connectivity index (χ4v) is 3.70. The molecule has 2 aromatic heterocycles. The summed E-state index contributed by atoms with van der Waals surface area (Å²) in [5.41, 5.74) is 0. The molecule has 29 heavy (non-hydrogen) atoms. The summed E-state index contributed by atoms with van der Waals surface area (Å²) in [5.74, 6) is -1.68. The van der Waals surface area contributed by atoms with E-state index >= 15 is 0 Å². The van der Waals surface area contributed by atoms with E-state index in [4.69, 9.17) is 9.15 Å². The quantitative estimate of drug-likeness (QED) is 0.658. The van der Waals surface area contributed by atoms with E-state index in [-0.39, 0.29) is 5.76 Å². The Morgan fingerprint density at radius 3 is 2.83 bits per heavy atom. The fourth-order valence-electron chi connectivity index (χ4n) is 2.99. The van der Waals surface area contributed by atoms with Gasteiger partial charge in [0.15, 0.2) is 12.4 Å². The number of nitrogens with one attached hydrogen (secondary N) is 2. The third kappa shape index (κ3) is 5.67. The molecule has 2 N–H and O–H groups in total. The third-order valence-corrected chi connectivity index (χ3v) is 5.29. The lowest BCUT2D eigenvalue weighted by Crippen LogP contribution is -2.44. The van der Waals surface area contributed by atoms with Crippen molar-refractivity contribution in [1.82, 2.24) is 15.5 Å². The Morgan fingerprint density at radius 2 is 2.10 bits per heavy atom. The number of hydrogen-bond donors (Lipinski definition) is 2. The van der Waals surface area contributed by atoms with E-state index in [1.807, 2.05) is 17.5 Å². The topological polar surface area (TPSA) is 118 Å². The number of esters is 1. The molecule has 0 saturated carbocycles. The summed E-state index contributed by atoms with van der Waals surface area (Å²) < 4.78 is 10.1. The highest BCUT2D eigenvalue weighted by molar-refractivity contribution is 7.09. The number of likely N-dealkylation sites (tertiary alicyclic amines) is 1. The van der Waals surface area contributed by atoms with Gasteiger partial charge in [-0.25, -0.2) is 9.59 Å². The molecule has 1 aliphatic rings. The molecule has 0 spiro atoms. The number of ether oxygens (including phenoxy) is 1. The Morgan fingerprint density at radius 1 is 1.24 bits per heavy atom. The van der Waals surface area contributed by atoms with E-state index in [1.54, 1.807) is 17.4 Å². The molecule has 1 atom stereocenters. The van der Waals surface area contributed by atoms with Gasteiger partial charge < -0.3 is 19.4 Å². The van der Waals surface area contributed by atoms with Crippen LogP contribution in [0.5, 0.6) is 0 Å². The smallest absolute Gasteiger partial charge is 0.329 e. The minimum atomic E-state index is -0.778. The van der Waals surface area contributed by atoms with Crippen LogP contribution in [0.15, 0.2) is 40.3 Å². The Kier molecular flexibility index (Phi) is 7.01. The first-order chi connectivity index (χ1) is 14.0. The van der Waals surface area contributed by atoms with Crippen molar-refractivity contribution in [2.75, 3.05) is 19.7 Å². The maximum atomic E-state index is 12.4. The molecule has 2 aromatic rings. The van der Waals surface area contributed by atoms with Gasteiger partial charge >= 0.3 is 12.0 Å². The first-order valence-corrected chi connectivity index (χ1v) is 10.0. The highest BCUT2D eigenvalue weighted by Gasteiger charge is 2.36. The summed E-state index contributed by atoms with van der Waals surface area (Å²) >= 11 is 1.58. The van der Waals surface area contributed by atoms with Crippen LogP contribution < -0.4 is 10.6 Å². The number of nitrogens with zero attached hydrogens (tertiary/aromatic N) is 1. The van der Waals surface area contributed by atoms with Gasteiger partial charge in [0.1, 0.15) is 6.04 Å². The van der Waals surface area contributed by atoms with Crippen molar-refractivity contribution in [2.24, 2.45) is 0 Å². The Labute approximate surface area is 171 Å². The molecule has 0 unspecified atom stereocenters. The monoisotopic (exact) mass is 419 g/mol. The van der Waals surface area contributed by atoms with Crippen LogP contribution in [0.2, 0.25) is 0 Å². The fraction of sp³-hybridized carbons (Fsp3) is 0.368. The second kappa shape index (κ2) is 9.87. The molecule has 1 fully saturated rings. The Hall–Kier alpha value is -3.14. The standard InChI is InChI=1S/C19H21N3O6S/c23-16(21-19(26)20-8-7-13-4-3-11-29-13)12-28-18(25)14-5-1-9-22(14)17(24)15-6-2-10-27-15/h2-4,6,10-11,14H,1,5,7-9,12H2,(H2,20,21,23,26)/t14-/m0/s1. The lowest BCUT2D eigenvalue weighted by atomic mass is 10.2. The second-order valence-corrected chi connectivity index (χ2v) is 7.41. The number of rotatable bonds is 7. The van der Waals surface area contributed by atoms with Gasteiger partial charge in [-0.3, -0.25) is 14.9 Å². The minimum absolute atomic E-state index is 0.140. The molecule has 3 heterocycles. The van der Waals surface area contributed by atoms with Crippen LogP contribution >= 0.6 is 11.3 Å². The third-order valence-electron chi connectivity index (χ3n) is 4.35. The van der Waals surface area contributed by atoms with Crippen LogP contribution in [-0.4, -0.2) is 54.5 Å². The summed E-state index contributed by atoms with van der Waals surface area (Å²) in [5, 5.41) is 6.61. The summed E-state index contributed by atoms with van der Waals surface area (Å²) in [7, 11) is 0. The molecular formula is C19H21N3O6S. The van der Waals surface area contributed by atoms with Crippen LogP contribution in [0.1, 0.15) is 28.3 Å². The predicted molar refractivity (Wildman–Crippen MR) is 103 cm³/mol. The molecule has 9 nitrogen and oxygen atoms in total. The van der Waals surface area contributed by atoms with Crippen molar-refractivity contribution >= 4 is 35.2 Å². The number of urea groups is 1. The average Bonchev–Trinajstić information content (AvgIpc) is 3.47.